The molecule has 0 radical (unpaired) electrons. The molecule has 1 aliphatic heterocycles. The van der Waals surface area contributed by atoms with E-state index in [0.717, 1.165) is 34.3 Å². The average molecular weight is 307 g/mol. The van der Waals surface area contributed by atoms with Crippen molar-refractivity contribution in [3.8, 4) is 5.75 Å². The quantitative estimate of drug-likeness (QED) is 0.778. The second-order valence-corrected chi connectivity index (χ2v) is 5.75. The standard InChI is InChI=1S/C19H17NO3/c1-12-13-6-2-5-9-17(13)23-18(12)19(21)20-15-10-11-22-16-8-4-3-7-14(15)16/h2-9,15H,10-11H2,1H3,(H,20,21)/t15-/m1/s1. The summed E-state index contributed by atoms with van der Waals surface area (Å²) in [5.74, 6) is 1.04. The second-order valence-electron chi connectivity index (χ2n) is 5.75. The van der Waals surface area contributed by atoms with Gasteiger partial charge in [0.2, 0.25) is 0 Å². The topological polar surface area (TPSA) is 51.5 Å². The first kappa shape index (κ1) is 13.9. The van der Waals surface area contributed by atoms with E-state index in [1.807, 2.05) is 55.5 Å². The monoisotopic (exact) mass is 307 g/mol. The van der Waals surface area contributed by atoms with Gasteiger partial charge in [0, 0.05) is 22.9 Å². The van der Waals surface area contributed by atoms with Gasteiger partial charge in [0.05, 0.1) is 12.6 Å². The fraction of sp³-hybridized carbons (Fsp3) is 0.211. The summed E-state index contributed by atoms with van der Waals surface area (Å²) in [4.78, 5) is 12.7. The molecule has 1 N–H and O–H groups in total. The zero-order valence-electron chi connectivity index (χ0n) is 12.8. The van der Waals surface area contributed by atoms with Gasteiger partial charge in [-0.15, -0.1) is 0 Å². The maximum absolute atomic E-state index is 12.7. The number of para-hydroxylation sites is 2. The number of carbonyl (C=O) groups is 1. The minimum absolute atomic E-state index is 0.0555. The number of carbonyl (C=O) groups excluding carboxylic acids is 1. The molecule has 0 bridgehead atoms. The number of aryl methyl sites for hydroxylation is 1. The molecule has 2 aromatic carbocycles. The zero-order valence-corrected chi connectivity index (χ0v) is 12.8. The van der Waals surface area contributed by atoms with Crippen LogP contribution in [0.1, 0.15) is 34.1 Å². The van der Waals surface area contributed by atoms with Gasteiger partial charge >= 0.3 is 0 Å². The molecule has 4 rings (SSSR count). The van der Waals surface area contributed by atoms with E-state index in [0.29, 0.717) is 12.4 Å². The Morgan fingerprint density at radius 1 is 1.13 bits per heavy atom. The first-order valence-corrected chi connectivity index (χ1v) is 7.75. The van der Waals surface area contributed by atoms with Crippen LogP contribution in [-0.4, -0.2) is 12.5 Å². The lowest BCUT2D eigenvalue weighted by Crippen LogP contribution is -2.32. The Hall–Kier alpha value is -2.75. The minimum Gasteiger partial charge on any atom is -0.493 e. The zero-order chi connectivity index (χ0) is 15.8. The number of furan rings is 1. The fourth-order valence-electron chi connectivity index (χ4n) is 3.11. The molecule has 0 unspecified atom stereocenters. The maximum Gasteiger partial charge on any atom is 0.287 e. The predicted molar refractivity (Wildman–Crippen MR) is 87.7 cm³/mol. The van der Waals surface area contributed by atoms with E-state index in [1.165, 1.54) is 0 Å². The smallest absolute Gasteiger partial charge is 0.287 e. The van der Waals surface area contributed by atoms with Gasteiger partial charge in [-0.3, -0.25) is 4.79 Å². The molecule has 2 heterocycles. The highest BCUT2D eigenvalue weighted by Gasteiger charge is 2.25. The van der Waals surface area contributed by atoms with E-state index in [9.17, 15) is 4.79 Å². The third kappa shape index (κ3) is 2.36. The number of benzene rings is 2. The average Bonchev–Trinajstić information content (AvgIpc) is 2.93. The molecule has 3 aromatic rings. The molecule has 116 valence electrons. The molecule has 0 fully saturated rings. The number of amides is 1. The summed E-state index contributed by atoms with van der Waals surface area (Å²) in [6.45, 7) is 2.51. The largest absolute Gasteiger partial charge is 0.493 e. The predicted octanol–water partition coefficient (Wildman–Crippen LogP) is 3.99. The Morgan fingerprint density at radius 3 is 2.78 bits per heavy atom. The molecule has 1 aromatic heterocycles. The third-order valence-electron chi connectivity index (χ3n) is 4.31. The molecular formula is C19H17NO3. The van der Waals surface area contributed by atoms with Crippen LogP contribution in [0.25, 0.3) is 11.0 Å². The van der Waals surface area contributed by atoms with Crippen molar-refractivity contribution in [3.63, 3.8) is 0 Å². The number of fused-ring (bicyclic) bond motifs is 2. The third-order valence-corrected chi connectivity index (χ3v) is 4.31. The minimum atomic E-state index is -0.180. The number of nitrogens with one attached hydrogen (secondary N) is 1. The van der Waals surface area contributed by atoms with Crippen molar-refractivity contribution < 1.29 is 13.9 Å². The summed E-state index contributed by atoms with van der Waals surface area (Å²) in [7, 11) is 0. The first-order chi connectivity index (χ1) is 11.2. The van der Waals surface area contributed by atoms with Crippen molar-refractivity contribution in [3.05, 3.63) is 65.4 Å². The van der Waals surface area contributed by atoms with E-state index >= 15 is 0 Å². The summed E-state index contributed by atoms with van der Waals surface area (Å²) >= 11 is 0. The Labute approximate surface area is 134 Å². The van der Waals surface area contributed by atoms with Crippen LogP contribution in [0.15, 0.2) is 52.9 Å². The molecule has 0 aliphatic carbocycles. The van der Waals surface area contributed by atoms with E-state index in [-0.39, 0.29) is 11.9 Å². The summed E-state index contributed by atoms with van der Waals surface area (Å²) in [5.41, 5.74) is 2.63. The lowest BCUT2D eigenvalue weighted by atomic mass is 10.0. The Balaban J connectivity index is 1.64. The Kier molecular flexibility index (Phi) is 3.30. The van der Waals surface area contributed by atoms with Gasteiger partial charge in [0.15, 0.2) is 5.76 Å². The molecule has 0 saturated carbocycles. The van der Waals surface area contributed by atoms with E-state index in [1.54, 1.807) is 0 Å². The highest BCUT2D eigenvalue weighted by atomic mass is 16.5. The van der Waals surface area contributed by atoms with Crippen LogP contribution in [0.2, 0.25) is 0 Å². The van der Waals surface area contributed by atoms with Gasteiger partial charge in [-0.25, -0.2) is 0 Å². The highest BCUT2D eigenvalue weighted by Crippen LogP contribution is 2.32. The van der Waals surface area contributed by atoms with Crippen molar-refractivity contribution in [2.75, 3.05) is 6.61 Å². The Bertz CT molecular complexity index is 881. The van der Waals surface area contributed by atoms with Gasteiger partial charge in [0.25, 0.3) is 5.91 Å². The van der Waals surface area contributed by atoms with Gasteiger partial charge in [0.1, 0.15) is 11.3 Å². The summed E-state index contributed by atoms with van der Waals surface area (Å²) in [6.07, 6.45) is 0.752. The molecular weight excluding hydrogens is 290 g/mol. The molecule has 1 atom stereocenters. The van der Waals surface area contributed by atoms with Crippen LogP contribution in [-0.2, 0) is 0 Å². The molecule has 4 nitrogen and oxygen atoms in total. The molecule has 23 heavy (non-hydrogen) atoms. The van der Waals surface area contributed by atoms with Crippen LogP contribution in [0.5, 0.6) is 5.75 Å². The first-order valence-electron chi connectivity index (χ1n) is 7.75. The molecule has 0 saturated heterocycles. The lowest BCUT2D eigenvalue weighted by molar-refractivity contribution is 0.0898. The maximum atomic E-state index is 12.7. The van der Waals surface area contributed by atoms with Crippen molar-refractivity contribution in [2.45, 2.75) is 19.4 Å². The van der Waals surface area contributed by atoms with Gasteiger partial charge < -0.3 is 14.5 Å². The highest BCUT2D eigenvalue weighted by molar-refractivity contribution is 5.99. The fourth-order valence-corrected chi connectivity index (χ4v) is 3.11. The van der Waals surface area contributed by atoms with Crippen molar-refractivity contribution in [1.29, 1.82) is 0 Å². The summed E-state index contributed by atoms with van der Waals surface area (Å²) in [5, 5.41) is 4.06. The number of ether oxygens (including phenoxy) is 1. The van der Waals surface area contributed by atoms with Gasteiger partial charge in [-0.05, 0) is 19.1 Å². The molecule has 1 amide bonds. The van der Waals surface area contributed by atoms with Crippen molar-refractivity contribution in [2.24, 2.45) is 0 Å². The summed E-state index contributed by atoms with van der Waals surface area (Å²) in [6, 6.07) is 15.5. The number of hydrogen-bond donors (Lipinski definition) is 1. The molecule has 1 aliphatic rings. The number of hydrogen-bond acceptors (Lipinski definition) is 3. The van der Waals surface area contributed by atoms with Gasteiger partial charge in [-0.1, -0.05) is 36.4 Å². The van der Waals surface area contributed by atoms with Gasteiger partial charge in [-0.2, -0.15) is 0 Å². The van der Waals surface area contributed by atoms with Crippen LogP contribution in [0, 0.1) is 6.92 Å². The van der Waals surface area contributed by atoms with E-state index in [2.05, 4.69) is 5.32 Å². The summed E-state index contributed by atoms with van der Waals surface area (Å²) < 4.78 is 11.4. The SMILES string of the molecule is Cc1c(C(=O)N[C@@H]2CCOc3ccccc32)oc2ccccc12. The van der Waals surface area contributed by atoms with Crippen LogP contribution in [0.4, 0.5) is 0 Å². The van der Waals surface area contributed by atoms with Crippen LogP contribution in [0.3, 0.4) is 0 Å². The van der Waals surface area contributed by atoms with Crippen LogP contribution >= 0.6 is 0 Å². The van der Waals surface area contributed by atoms with Crippen molar-refractivity contribution >= 4 is 16.9 Å². The molecule has 0 spiro atoms. The molecule has 4 heteroatoms. The lowest BCUT2D eigenvalue weighted by Gasteiger charge is -2.26. The number of rotatable bonds is 2. The van der Waals surface area contributed by atoms with E-state index < -0.39 is 0 Å². The van der Waals surface area contributed by atoms with Crippen molar-refractivity contribution in [1.82, 2.24) is 5.32 Å². The Morgan fingerprint density at radius 2 is 1.91 bits per heavy atom. The van der Waals surface area contributed by atoms with Crippen LogP contribution < -0.4 is 10.1 Å². The van der Waals surface area contributed by atoms with E-state index in [4.69, 9.17) is 9.15 Å². The normalized spacial score (nSPS) is 16.7. The second kappa shape index (κ2) is 5.47.